The molecule has 1 aliphatic heterocycles. The van der Waals surface area contributed by atoms with Crippen molar-refractivity contribution in [1.29, 1.82) is 0 Å². The topological polar surface area (TPSA) is 98.4 Å². The first-order chi connectivity index (χ1) is 16.9. The number of hydrazine groups is 1. The molecule has 0 saturated heterocycles. The fourth-order valence-electron chi connectivity index (χ4n) is 3.83. The number of anilines is 1. The minimum Gasteiger partial charge on any atom is -0.497 e. The van der Waals surface area contributed by atoms with Gasteiger partial charge in [0.2, 0.25) is 5.75 Å². The van der Waals surface area contributed by atoms with Crippen LogP contribution in [0, 0.1) is 0 Å². The van der Waals surface area contributed by atoms with Crippen LogP contribution in [0.25, 0.3) is 0 Å². The van der Waals surface area contributed by atoms with E-state index in [1.54, 1.807) is 31.4 Å². The maximum atomic E-state index is 13.5. The van der Waals surface area contributed by atoms with E-state index in [-0.39, 0.29) is 11.5 Å². The highest BCUT2D eigenvalue weighted by Gasteiger charge is 2.36. The number of hydrogen-bond donors (Lipinski definition) is 2. The average Bonchev–Trinajstić information content (AvgIpc) is 2.89. The molecule has 0 spiro atoms. The van der Waals surface area contributed by atoms with Crippen molar-refractivity contribution in [3.63, 3.8) is 0 Å². The summed E-state index contributed by atoms with van der Waals surface area (Å²) in [7, 11) is 5.96. The van der Waals surface area contributed by atoms with Crippen LogP contribution in [0.1, 0.15) is 32.4 Å². The number of halogens is 1. The second kappa shape index (κ2) is 10.1. The summed E-state index contributed by atoms with van der Waals surface area (Å²) in [5.74, 6) is 0.680. The maximum absolute atomic E-state index is 13.5. The van der Waals surface area contributed by atoms with Gasteiger partial charge in [0, 0.05) is 21.3 Å². The van der Waals surface area contributed by atoms with Crippen molar-refractivity contribution in [2.45, 2.75) is 6.17 Å². The van der Waals surface area contributed by atoms with E-state index in [0.29, 0.717) is 39.8 Å². The van der Waals surface area contributed by atoms with E-state index in [1.807, 2.05) is 18.2 Å². The van der Waals surface area contributed by atoms with Crippen LogP contribution in [0.5, 0.6) is 23.0 Å². The fourth-order valence-corrected chi connectivity index (χ4v) is 4.29. The number of methoxy groups -OCH3 is 4. The summed E-state index contributed by atoms with van der Waals surface area (Å²) in [5.41, 5.74) is 4.73. The molecule has 0 fully saturated rings. The molecule has 0 bridgehead atoms. The number of carbonyl (C=O) groups is 2. The van der Waals surface area contributed by atoms with Gasteiger partial charge in [-0.2, -0.15) is 0 Å². The Labute approximate surface area is 211 Å². The van der Waals surface area contributed by atoms with E-state index < -0.39 is 12.1 Å². The molecule has 0 radical (unpaired) electrons. The normalized spacial score (nSPS) is 14.5. The van der Waals surface area contributed by atoms with Crippen LogP contribution in [0.4, 0.5) is 5.69 Å². The Balaban J connectivity index is 1.76. The molecule has 2 amide bonds. The smallest absolute Gasteiger partial charge is 0.276 e. The summed E-state index contributed by atoms with van der Waals surface area (Å²) in [6.07, 6.45) is -0.729. The maximum Gasteiger partial charge on any atom is 0.276 e. The van der Waals surface area contributed by atoms with Crippen molar-refractivity contribution in [2.75, 3.05) is 33.8 Å². The number of nitrogens with one attached hydrogen (secondary N) is 2. The third-order valence-corrected chi connectivity index (χ3v) is 6.30. The molecular weight excluding hydrogens is 518 g/mol. The molecule has 10 heteroatoms. The van der Waals surface area contributed by atoms with E-state index >= 15 is 0 Å². The summed E-state index contributed by atoms with van der Waals surface area (Å²) >= 11 is 3.55. The molecule has 9 nitrogen and oxygen atoms in total. The second-order valence-corrected chi connectivity index (χ2v) is 8.36. The quantitative estimate of drug-likeness (QED) is 0.457. The number of rotatable bonds is 7. The predicted octanol–water partition coefficient (Wildman–Crippen LogP) is 4.40. The lowest BCUT2D eigenvalue weighted by Gasteiger charge is -2.38. The molecule has 182 valence electrons. The van der Waals surface area contributed by atoms with Crippen molar-refractivity contribution in [2.24, 2.45) is 0 Å². The largest absolute Gasteiger partial charge is 0.497 e. The standard InChI is InChI=1S/C25H24BrN3O6/c1-32-15-9-10-18(26)17(13-15)23-27-19-8-6-5-7-16(19)25(31)29(23)28-24(30)14-11-20(33-2)22(35-4)21(12-14)34-3/h5-13,23,27H,1-4H3,(H,28,30). The number of hydrogen-bond acceptors (Lipinski definition) is 7. The molecule has 1 unspecified atom stereocenters. The first-order valence-corrected chi connectivity index (χ1v) is 11.3. The number of para-hydroxylation sites is 1. The van der Waals surface area contributed by atoms with E-state index in [1.165, 1.54) is 38.5 Å². The highest BCUT2D eigenvalue weighted by molar-refractivity contribution is 9.10. The van der Waals surface area contributed by atoms with Crippen LogP contribution in [-0.2, 0) is 0 Å². The molecule has 1 heterocycles. The lowest BCUT2D eigenvalue weighted by atomic mass is 10.0. The summed E-state index contributed by atoms with van der Waals surface area (Å²) in [4.78, 5) is 26.9. The van der Waals surface area contributed by atoms with Gasteiger partial charge in [-0.1, -0.05) is 28.1 Å². The van der Waals surface area contributed by atoms with Crippen LogP contribution >= 0.6 is 15.9 Å². The second-order valence-electron chi connectivity index (χ2n) is 7.51. The van der Waals surface area contributed by atoms with Crippen LogP contribution < -0.4 is 29.7 Å². The van der Waals surface area contributed by atoms with Crippen molar-refractivity contribution >= 4 is 33.4 Å². The first kappa shape index (κ1) is 24.2. The van der Waals surface area contributed by atoms with Gasteiger partial charge in [0.25, 0.3) is 11.8 Å². The summed E-state index contributed by atoms with van der Waals surface area (Å²) < 4.78 is 22.2. The van der Waals surface area contributed by atoms with Crippen LogP contribution in [0.3, 0.4) is 0 Å². The Morgan fingerprint density at radius 2 is 1.63 bits per heavy atom. The van der Waals surface area contributed by atoms with Gasteiger partial charge in [-0.25, -0.2) is 5.01 Å². The molecule has 2 N–H and O–H groups in total. The van der Waals surface area contributed by atoms with Gasteiger partial charge in [-0.05, 0) is 42.5 Å². The van der Waals surface area contributed by atoms with Gasteiger partial charge in [-0.15, -0.1) is 0 Å². The molecule has 3 aromatic carbocycles. The molecule has 4 rings (SSSR count). The van der Waals surface area contributed by atoms with Crippen molar-refractivity contribution in [3.8, 4) is 23.0 Å². The zero-order valence-electron chi connectivity index (χ0n) is 19.5. The summed E-state index contributed by atoms with van der Waals surface area (Å²) in [6.45, 7) is 0. The first-order valence-electron chi connectivity index (χ1n) is 10.5. The molecule has 1 aliphatic rings. The number of carbonyl (C=O) groups excluding carboxylic acids is 2. The highest BCUT2D eigenvalue weighted by atomic mass is 79.9. The minimum atomic E-state index is -0.729. The monoisotopic (exact) mass is 541 g/mol. The Morgan fingerprint density at radius 3 is 2.26 bits per heavy atom. The van der Waals surface area contributed by atoms with E-state index in [0.717, 1.165) is 4.47 Å². The minimum absolute atomic E-state index is 0.217. The molecular formula is C25H24BrN3O6. The number of nitrogens with zero attached hydrogens (tertiary/aromatic N) is 1. The van der Waals surface area contributed by atoms with Crippen molar-refractivity contribution in [1.82, 2.24) is 10.4 Å². The van der Waals surface area contributed by atoms with Gasteiger partial charge < -0.3 is 24.3 Å². The van der Waals surface area contributed by atoms with E-state index in [4.69, 9.17) is 18.9 Å². The van der Waals surface area contributed by atoms with Crippen molar-refractivity contribution < 1.29 is 28.5 Å². The van der Waals surface area contributed by atoms with Gasteiger partial charge in [0.15, 0.2) is 11.5 Å². The lowest BCUT2D eigenvalue weighted by Crippen LogP contribution is -2.53. The van der Waals surface area contributed by atoms with Crippen LogP contribution in [0.2, 0.25) is 0 Å². The highest BCUT2D eigenvalue weighted by Crippen LogP contribution is 2.39. The Hall–Kier alpha value is -3.92. The molecule has 0 saturated carbocycles. The SMILES string of the molecule is COc1ccc(Br)c(C2Nc3ccccc3C(=O)N2NC(=O)c2cc(OC)c(OC)c(OC)c2)c1. The fraction of sp³-hybridized carbons (Fsp3) is 0.200. The van der Waals surface area contributed by atoms with E-state index in [2.05, 4.69) is 26.7 Å². The molecule has 3 aromatic rings. The third-order valence-electron chi connectivity index (χ3n) is 5.57. The zero-order valence-corrected chi connectivity index (χ0v) is 21.1. The van der Waals surface area contributed by atoms with Gasteiger partial charge in [-0.3, -0.25) is 15.0 Å². The predicted molar refractivity (Wildman–Crippen MR) is 133 cm³/mol. The Kier molecular flexibility index (Phi) is 7.02. The molecule has 35 heavy (non-hydrogen) atoms. The molecule has 0 aliphatic carbocycles. The number of benzene rings is 3. The third kappa shape index (κ3) is 4.57. The number of amides is 2. The summed E-state index contributed by atoms with van der Waals surface area (Å²) in [5, 5.41) is 4.60. The average molecular weight is 542 g/mol. The summed E-state index contributed by atoms with van der Waals surface area (Å²) in [6, 6.07) is 15.5. The van der Waals surface area contributed by atoms with Crippen LogP contribution in [0.15, 0.2) is 59.1 Å². The molecule has 1 atom stereocenters. The Morgan fingerprint density at radius 1 is 0.943 bits per heavy atom. The zero-order chi connectivity index (χ0) is 25.1. The molecule has 0 aromatic heterocycles. The number of fused-ring (bicyclic) bond motifs is 1. The lowest BCUT2D eigenvalue weighted by molar-refractivity contribution is 0.0490. The van der Waals surface area contributed by atoms with Gasteiger partial charge in [0.05, 0.1) is 34.0 Å². The number of ether oxygens (including phenoxy) is 4. The Bertz CT molecular complexity index is 1260. The van der Waals surface area contributed by atoms with Crippen LogP contribution in [-0.4, -0.2) is 45.3 Å². The van der Waals surface area contributed by atoms with Gasteiger partial charge >= 0.3 is 0 Å². The van der Waals surface area contributed by atoms with Gasteiger partial charge in [0.1, 0.15) is 11.9 Å². The van der Waals surface area contributed by atoms with E-state index in [9.17, 15) is 9.59 Å². The van der Waals surface area contributed by atoms with Crippen molar-refractivity contribution in [3.05, 3.63) is 75.8 Å².